The molecule has 1 aromatic heterocycles. The predicted molar refractivity (Wildman–Crippen MR) is 61.0 cm³/mol. The van der Waals surface area contributed by atoms with E-state index in [0.29, 0.717) is 17.6 Å². The molecular weight excluding hydrogens is 274 g/mol. The lowest BCUT2D eigenvalue weighted by Gasteiger charge is -2.00. The van der Waals surface area contributed by atoms with Gasteiger partial charge in [-0.25, -0.2) is 9.78 Å². The standard InChI is InChI=1S/C10H8BrN3O2/c1-2-16-10(15)9-12-7-4-3-6(11)5-8(7)13-14-9/h3-5H,2H2,1H3. The summed E-state index contributed by atoms with van der Waals surface area (Å²) in [5.41, 5.74) is 1.24. The van der Waals surface area contributed by atoms with Crippen LogP contribution in [0.5, 0.6) is 0 Å². The van der Waals surface area contributed by atoms with E-state index in [4.69, 9.17) is 4.74 Å². The van der Waals surface area contributed by atoms with Crippen LogP contribution in [0.4, 0.5) is 0 Å². The number of hydrogen-bond acceptors (Lipinski definition) is 5. The molecule has 2 rings (SSSR count). The average molecular weight is 282 g/mol. The molecule has 0 aliphatic carbocycles. The fourth-order valence-corrected chi connectivity index (χ4v) is 1.54. The van der Waals surface area contributed by atoms with E-state index in [0.717, 1.165) is 4.47 Å². The van der Waals surface area contributed by atoms with Crippen LogP contribution in [-0.2, 0) is 4.74 Å². The minimum absolute atomic E-state index is 0.0170. The first-order valence-electron chi connectivity index (χ1n) is 4.68. The molecule has 0 amide bonds. The van der Waals surface area contributed by atoms with Crippen molar-refractivity contribution in [2.45, 2.75) is 6.92 Å². The summed E-state index contributed by atoms with van der Waals surface area (Å²) in [5, 5.41) is 7.61. The van der Waals surface area contributed by atoms with Gasteiger partial charge >= 0.3 is 5.97 Å². The summed E-state index contributed by atoms with van der Waals surface area (Å²) in [6.07, 6.45) is 0. The van der Waals surface area contributed by atoms with Crippen LogP contribution >= 0.6 is 15.9 Å². The molecule has 1 aromatic carbocycles. The number of hydrogen-bond donors (Lipinski definition) is 0. The smallest absolute Gasteiger partial charge is 0.378 e. The van der Waals surface area contributed by atoms with Gasteiger partial charge in [-0.2, -0.15) is 0 Å². The van der Waals surface area contributed by atoms with Gasteiger partial charge in [0.05, 0.1) is 12.1 Å². The van der Waals surface area contributed by atoms with Gasteiger partial charge in [-0.05, 0) is 25.1 Å². The Bertz CT molecular complexity index is 545. The number of halogens is 1. The van der Waals surface area contributed by atoms with E-state index in [1.807, 2.05) is 6.07 Å². The Hall–Kier alpha value is -1.56. The molecule has 0 saturated heterocycles. The van der Waals surface area contributed by atoms with Crippen molar-refractivity contribution < 1.29 is 9.53 Å². The molecule has 0 aliphatic rings. The van der Waals surface area contributed by atoms with Crippen LogP contribution in [0.2, 0.25) is 0 Å². The summed E-state index contributed by atoms with van der Waals surface area (Å²) in [7, 11) is 0. The molecule has 0 radical (unpaired) electrons. The second-order valence-electron chi connectivity index (χ2n) is 2.99. The highest BCUT2D eigenvalue weighted by Gasteiger charge is 2.11. The first-order chi connectivity index (χ1) is 7.70. The maximum Gasteiger partial charge on any atom is 0.378 e. The lowest BCUT2D eigenvalue weighted by atomic mass is 10.3. The average Bonchev–Trinajstić information content (AvgIpc) is 2.28. The van der Waals surface area contributed by atoms with Crippen LogP contribution in [0.1, 0.15) is 17.5 Å². The van der Waals surface area contributed by atoms with Crippen LogP contribution in [-0.4, -0.2) is 27.8 Å². The van der Waals surface area contributed by atoms with Crippen molar-refractivity contribution in [2.75, 3.05) is 6.61 Å². The van der Waals surface area contributed by atoms with Crippen molar-refractivity contribution in [1.29, 1.82) is 0 Å². The zero-order chi connectivity index (χ0) is 11.5. The zero-order valence-corrected chi connectivity index (χ0v) is 10.1. The Kier molecular flexibility index (Phi) is 3.09. The van der Waals surface area contributed by atoms with Crippen LogP contribution in [0, 0.1) is 0 Å². The van der Waals surface area contributed by atoms with Gasteiger partial charge < -0.3 is 4.74 Å². The Morgan fingerprint density at radius 1 is 1.38 bits per heavy atom. The molecule has 0 unspecified atom stereocenters. The van der Waals surface area contributed by atoms with Gasteiger partial charge in [0.2, 0.25) is 0 Å². The minimum atomic E-state index is -0.556. The number of rotatable bonds is 2. The van der Waals surface area contributed by atoms with E-state index < -0.39 is 5.97 Å². The topological polar surface area (TPSA) is 65.0 Å². The number of esters is 1. The van der Waals surface area contributed by atoms with E-state index in [1.54, 1.807) is 19.1 Å². The number of carbonyl (C=O) groups excluding carboxylic acids is 1. The molecule has 0 saturated carbocycles. The number of carbonyl (C=O) groups is 1. The van der Waals surface area contributed by atoms with Crippen LogP contribution in [0.25, 0.3) is 11.0 Å². The van der Waals surface area contributed by atoms with Crippen LogP contribution in [0.15, 0.2) is 22.7 Å². The Morgan fingerprint density at radius 2 is 2.19 bits per heavy atom. The molecule has 2 aromatic rings. The maximum absolute atomic E-state index is 11.4. The fraction of sp³-hybridized carbons (Fsp3) is 0.200. The molecule has 1 heterocycles. The Labute approximate surface area is 100.0 Å². The van der Waals surface area contributed by atoms with Gasteiger partial charge in [-0.1, -0.05) is 15.9 Å². The molecule has 0 fully saturated rings. The third-order valence-electron chi connectivity index (χ3n) is 1.87. The highest BCUT2D eigenvalue weighted by atomic mass is 79.9. The third kappa shape index (κ3) is 2.16. The van der Waals surface area contributed by atoms with Crippen LogP contribution < -0.4 is 0 Å². The number of fused-ring (bicyclic) bond motifs is 1. The molecule has 16 heavy (non-hydrogen) atoms. The van der Waals surface area contributed by atoms with Crippen molar-refractivity contribution in [3.8, 4) is 0 Å². The minimum Gasteiger partial charge on any atom is -0.460 e. The van der Waals surface area contributed by atoms with E-state index in [-0.39, 0.29) is 5.82 Å². The molecular formula is C10H8BrN3O2. The van der Waals surface area contributed by atoms with E-state index in [1.165, 1.54) is 0 Å². The van der Waals surface area contributed by atoms with Gasteiger partial charge in [-0.15, -0.1) is 10.2 Å². The summed E-state index contributed by atoms with van der Waals surface area (Å²) < 4.78 is 5.68. The molecule has 0 aliphatic heterocycles. The summed E-state index contributed by atoms with van der Waals surface area (Å²) in [5.74, 6) is -0.573. The Balaban J connectivity index is 2.44. The normalized spacial score (nSPS) is 10.4. The number of aromatic nitrogens is 3. The zero-order valence-electron chi connectivity index (χ0n) is 8.48. The van der Waals surface area contributed by atoms with E-state index in [2.05, 4.69) is 31.1 Å². The first-order valence-corrected chi connectivity index (χ1v) is 5.47. The predicted octanol–water partition coefficient (Wildman–Crippen LogP) is 1.96. The Morgan fingerprint density at radius 3 is 2.94 bits per heavy atom. The summed E-state index contributed by atoms with van der Waals surface area (Å²) in [6, 6.07) is 5.37. The quantitative estimate of drug-likeness (QED) is 0.788. The van der Waals surface area contributed by atoms with Gasteiger partial charge in [0, 0.05) is 4.47 Å². The van der Waals surface area contributed by atoms with Crippen molar-refractivity contribution in [1.82, 2.24) is 15.2 Å². The first kappa shape index (κ1) is 10.9. The lowest BCUT2D eigenvalue weighted by molar-refractivity contribution is 0.0511. The molecule has 0 bridgehead atoms. The molecule has 6 heteroatoms. The molecule has 0 atom stereocenters. The lowest BCUT2D eigenvalue weighted by Crippen LogP contribution is -2.10. The molecule has 0 spiro atoms. The molecule has 82 valence electrons. The fourth-order valence-electron chi connectivity index (χ4n) is 1.19. The SMILES string of the molecule is CCOC(=O)c1nnc2cc(Br)ccc2n1. The summed E-state index contributed by atoms with van der Waals surface area (Å²) in [6.45, 7) is 2.02. The summed E-state index contributed by atoms with van der Waals surface area (Å²) in [4.78, 5) is 15.4. The van der Waals surface area contributed by atoms with Crippen molar-refractivity contribution in [2.24, 2.45) is 0 Å². The maximum atomic E-state index is 11.4. The summed E-state index contributed by atoms with van der Waals surface area (Å²) >= 11 is 3.32. The second-order valence-corrected chi connectivity index (χ2v) is 3.90. The van der Waals surface area contributed by atoms with Gasteiger partial charge in [0.15, 0.2) is 0 Å². The van der Waals surface area contributed by atoms with Crippen LogP contribution in [0.3, 0.4) is 0 Å². The van der Waals surface area contributed by atoms with Crippen molar-refractivity contribution in [3.63, 3.8) is 0 Å². The van der Waals surface area contributed by atoms with Gasteiger partial charge in [0.25, 0.3) is 5.82 Å². The third-order valence-corrected chi connectivity index (χ3v) is 2.37. The molecule has 0 N–H and O–H groups in total. The number of nitrogens with zero attached hydrogens (tertiary/aromatic N) is 3. The van der Waals surface area contributed by atoms with Gasteiger partial charge in [0.1, 0.15) is 5.52 Å². The largest absolute Gasteiger partial charge is 0.460 e. The number of benzene rings is 1. The molecule has 5 nitrogen and oxygen atoms in total. The highest BCUT2D eigenvalue weighted by Crippen LogP contribution is 2.15. The number of ether oxygens (including phenoxy) is 1. The van der Waals surface area contributed by atoms with Crippen molar-refractivity contribution >= 4 is 32.9 Å². The van der Waals surface area contributed by atoms with Gasteiger partial charge in [-0.3, -0.25) is 0 Å². The monoisotopic (exact) mass is 281 g/mol. The highest BCUT2D eigenvalue weighted by molar-refractivity contribution is 9.10. The second kappa shape index (κ2) is 4.52. The van der Waals surface area contributed by atoms with E-state index in [9.17, 15) is 4.79 Å². The van der Waals surface area contributed by atoms with E-state index >= 15 is 0 Å². The van der Waals surface area contributed by atoms with Crippen molar-refractivity contribution in [3.05, 3.63) is 28.5 Å².